The lowest BCUT2D eigenvalue weighted by Gasteiger charge is -2.15. The van der Waals surface area contributed by atoms with E-state index in [4.69, 9.17) is 10.5 Å². The van der Waals surface area contributed by atoms with E-state index in [1.807, 2.05) is 0 Å². The minimum atomic E-state index is -4.36. The molecule has 0 bridgehead atoms. The van der Waals surface area contributed by atoms with E-state index in [1.54, 1.807) is 0 Å². The summed E-state index contributed by atoms with van der Waals surface area (Å²) in [6, 6.07) is 1.08. The van der Waals surface area contributed by atoms with Gasteiger partial charge in [0, 0.05) is 18.5 Å². The number of phenols is 1. The summed E-state index contributed by atoms with van der Waals surface area (Å²) < 4.78 is 41.1. The highest BCUT2D eigenvalue weighted by molar-refractivity contribution is 5.85. The first-order valence-electron chi connectivity index (χ1n) is 5.53. The maximum absolute atomic E-state index is 12.1. The molecule has 0 saturated carbocycles. The highest BCUT2D eigenvalue weighted by atomic mass is 35.5. The number of nitro groups is 1. The third kappa shape index (κ3) is 5.27. The van der Waals surface area contributed by atoms with Gasteiger partial charge in [0.2, 0.25) is 5.75 Å². The zero-order chi connectivity index (χ0) is 15.5. The molecule has 0 aliphatic rings. The first-order valence-corrected chi connectivity index (χ1v) is 5.53. The molecule has 0 aromatic heterocycles. The largest absolute Gasteiger partial charge is 0.500 e. The van der Waals surface area contributed by atoms with Crippen molar-refractivity contribution in [2.45, 2.75) is 25.1 Å². The van der Waals surface area contributed by atoms with Gasteiger partial charge in [-0.05, 0) is 18.1 Å². The maximum atomic E-state index is 12.1. The van der Waals surface area contributed by atoms with E-state index in [0.717, 1.165) is 6.07 Å². The molecule has 0 spiro atoms. The number of ether oxygens (including phenoxy) is 1. The van der Waals surface area contributed by atoms with Crippen LogP contribution in [0.15, 0.2) is 12.1 Å². The van der Waals surface area contributed by atoms with E-state index in [0.29, 0.717) is 0 Å². The van der Waals surface area contributed by atoms with Crippen molar-refractivity contribution in [2.75, 3.05) is 7.11 Å². The van der Waals surface area contributed by atoms with Gasteiger partial charge in [0.25, 0.3) is 0 Å². The molecule has 1 aromatic carbocycles. The van der Waals surface area contributed by atoms with E-state index in [-0.39, 0.29) is 23.7 Å². The van der Waals surface area contributed by atoms with Crippen molar-refractivity contribution in [2.24, 2.45) is 5.73 Å². The van der Waals surface area contributed by atoms with Crippen LogP contribution in [0, 0.1) is 10.1 Å². The van der Waals surface area contributed by atoms with Crippen molar-refractivity contribution in [3.05, 3.63) is 27.8 Å². The first kappa shape index (κ1) is 19.3. The summed E-state index contributed by atoms with van der Waals surface area (Å²) in [4.78, 5) is 9.89. The SMILES string of the molecule is COc1cc([C@@H](N)CCC(F)(F)F)cc([N+](=O)[O-])c1O.Cl. The topological polar surface area (TPSA) is 98.6 Å². The summed E-state index contributed by atoms with van der Waals surface area (Å²) in [5.41, 5.74) is 5.01. The molecule has 0 unspecified atom stereocenters. The highest BCUT2D eigenvalue weighted by Crippen LogP contribution is 2.39. The van der Waals surface area contributed by atoms with Crippen molar-refractivity contribution >= 4 is 18.1 Å². The predicted octanol–water partition coefficient (Wildman–Crippen LogP) is 3.07. The van der Waals surface area contributed by atoms with Gasteiger partial charge in [-0.25, -0.2) is 0 Å². The molecule has 1 rings (SSSR count). The van der Waals surface area contributed by atoms with Crippen LogP contribution in [0.4, 0.5) is 18.9 Å². The Kier molecular flexibility index (Phi) is 6.71. The number of rotatable bonds is 5. The van der Waals surface area contributed by atoms with Crippen LogP contribution >= 0.6 is 12.4 Å². The average molecular weight is 331 g/mol. The molecule has 1 aromatic rings. The monoisotopic (exact) mass is 330 g/mol. The molecule has 0 fully saturated rings. The molecule has 0 aliphatic heterocycles. The minimum Gasteiger partial charge on any atom is -0.500 e. The van der Waals surface area contributed by atoms with Crippen molar-refractivity contribution in [1.29, 1.82) is 0 Å². The van der Waals surface area contributed by atoms with Crippen LogP contribution in [0.2, 0.25) is 0 Å². The Morgan fingerprint density at radius 3 is 2.48 bits per heavy atom. The molecular formula is C11H14ClF3N2O4. The van der Waals surface area contributed by atoms with Crippen LogP contribution in [-0.2, 0) is 0 Å². The number of nitrogens with two attached hydrogens (primary N) is 1. The fourth-order valence-corrected chi connectivity index (χ4v) is 1.61. The molecule has 0 amide bonds. The van der Waals surface area contributed by atoms with Gasteiger partial charge in [0.1, 0.15) is 0 Å². The van der Waals surface area contributed by atoms with Gasteiger partial charge in [-0.3, -0.25) is 10.1 Å². The number of alkyl halides is 3. The fraction of sp³-hybridized carbons (Fsp3) is 0.455. The van der Waals surface area contributed by atoms with Gasteiger partial charge in [-0.1, -0.05) is 0 Å². The van der Waals surface area contributed by atoms with Crippen LogP contribution in [0.1, 0.15) is 24.4 Å². The molecule has 3 N–H and O–H groups in total. The van der Waals surface area contributed by atoms with Crippen molar-refractivity contribution in [3.63, 3.8) is 0 Å². The number of benzene rings is 1. The zero-order valence-electron chi connectivity index (χ0n) is 10.9. The molecule has 6 nitrogen and oxygen atoms in total. The summed E-state index contributed by atoms with van der Waals surface area (Å²) in [6.07, 6.45) is -5.88. The van der Waals surface area contributed by atoms with Crippen molar-refractivity contribution < 1.29 is 27.9 Å². The predicted molar refractivity (Wildman–Crippen MR) is 70.8 cm³/mol. The number of halogens is 4. The quantitative estimate of drug-likeness (QED) is 0.638. The summed E-state index contributed by atoms with van der Waals surface area (Å²) >= 11 is 0. The molecular weight excluding hydrogens is 317 g/mol. The molecule has 120 valence electrons. The smallest absolute Gasteiger partial charge is 0.389 e. The average Bonchev–Trinajstić information content (AvgIpc) is 2.35. The van der Waals surface area contributed by atoms with Gasteiger partial charge in [-0.15, -0.1) is 12.4 Å². The van der Waals surface area contributed by atoms with Gasteiger partial charge in [0.05, 0.1) is 12.0 Å². The number of phenolic OH excluding ortho intramolecular Hbond substituents is 1. The Bertz CT molecular complexity index is 511. The normalized spacial score (nSPS) is 12.4. The third-order valence-corrected chi connectivity index (χ3v) is 2.66. The first-order chi connectivity index (χ1) is 9.15. The summed E-state index contributed by atoms with van der Waals surface area (Å²) in [5, 5.41) is 20.3. The summed E-state index contributed by atoms with van der Waals surface area (Å²) in [7, 11) is 1.17. The summed E-state index contributed by atoms with van der Waals surface area (Å²) in [5.74, 6) is -0.902. The number of nitro benzene ring substituents is 1. The second kappa shape index (κ2) is 7.32. The van der Waals surface area contributed by atoms with Crippen molar-refractivity contribution in [3.8, 4) is 11.5 Å². The second-order valence-electron chi connectivity index (χ2n) is 4.11. The Labute approximate surface area is 124 Å². The zero-order valence-corrected chi connectivity index (χ0v) is 11.7. The number of hydrogen-bond donors (Lipinski definition) is 2. The third-order valence-electron chi connectivity index (χ3n) is 2.66. The van der Waals surface area contributed by atoms with Crippen LogP contribution in [0.5, 0.6) is 11.5 Å². The lowest BCUT2D eigenvalue weighted by molar-refractivity contribution is -0.386. The van der Waals surface area contributed by atoms with E-state index in [9.17, 15) is 28.4 Å². The lowest BCUT2D eigenvalue weighted by Crippen LogP contribution is -2.16. The number of hydrogen-bond acceptors (Lipinski definition) is 5. The van der Waals surface area contributed by atoms with E-state index >= 15 is 0 Å². The lowest BCUT2D eigenvalue weighted by atomic mass is 10.0. The molecule has 0 radical (unpaired) electrons. The Morgan fingerprint density at radius 2 is 2.05 bits per heavy atom. The Hall–Kier alpha value is -1.74. The standard InChI is InChI=1S/C11H13F3N2O4.ClH/c1-20-9-5-6(4-8(10(9)17)16(18)19)7(15)2-3-11(12,13)14;/h4-5,7,17H,2-3,15H2,1H3;1H/t7-;/m0./s1. The summed E-state index contributed by atoms with van der Waals surface area (Å²) in [6.45, 7) is 0. The molecule has 1 atom stereocenters. The van der Waals surface area contributed by atoms with Gasteiger partial charge >= 0.3 is 11.9 Å². The minimum absolute atomic E-state index is 0. The number of methoxy groups -OCH3 is 1. The van der Waals surface area contributed by atoms with Crippen LogP contribution in [0.25, 0.3) is 0 Å². The van der Waals surface area contributed by atoms with E-state index < -0.39 is 41.4 Å². The molecule has 0 aliphatic carbocycles. The van der Waals surface area contributed by atoms with Gasteiger partial charge in [-0.2, -0.15) is 13.2 Å². The Balaban J connectivity index is 0.00000400. The van der Waals surface area contributed by atoms with Crippen molar-refractivity contribution in [1.82, 2.24) is 0 Å². The van der Waals surface area contributed by atoms with Gasteiger partial charge < -0.3 is 15.6 Å². The highest BCUT2D eigenvalue weighted by Gasteiger charge is 2.29. The molecule has 21 heavy (non-hydrogen) atoms. The fourth-order valence-electron chi connectivity index (χ4n) is 1.61. The Morgan fingerprint density at radius 1 is 1.48 bits per heavy atom. The number of aromatic hydroxyl groups is 1. The molecule has 0 heterocycles. The van der Waals surface area contributed by atoms with Crippen LogP contribution < -0.4 is 10.5 Å². The molecule has 0 saturated heterocycles. The second-order valence-corrected chi connectivity index (χ2v) is 4.11. The van der Waals surface area contributed by atoms with E-state index in [1.165, 1.54) is 13.2 Å². The number of nitrogens with zero attached hydrogens (tertiary/aromatic N) is 1. The maximum Gasteiger partial charge on any atom is 0.389 e. The van der Waals surface area contributed by atoms with E-state index in [2.05, 4.69) is 0 Å². The van der Waals surface area contributed by atoms with Crippen LogP contribution in [-0.4, -0.2) is 23.3 Å². The van der Waals surface area contributed by atoms with Gasteiger partial charge in [0.15, 0.2) is 5.75 Å². The molecule has 10 heteroatoms. The van der Waals surface area contributed by atoms with Crippen LogP contribution in [0.3, 0.4) is 0 Å².